The minimum absolute atomic E-state index is 0.298. The third-order valence-electron chi connectivity index (χ3n) is 3.43. The predicted molar refractivity (Wildman–Crippen MR) is 91.9 cm³/mol. The summed E-state index contributed by atoms with van der Waals surface area (Å²) in [7, 11) is 0. The summed E-state index contributed by atoms with van der Waals surface area (Å²) >= 11 is 9.45. The number of rotatable bonds is 7. The highest BCUT2D eigenvalue weighted by molar-refractivity contribution is 9.10. The van der Waals surface area contributed by atoms with E-state index >= 15 is 0 Å². The van der Waals surface area contributed by atoms with Gasteiger partial charge in [0, 0.05) is 24.1 Å². The van der Waals surface area contributed by atoms with E-state index in [2.05, 4.69) is 34.7 Å². The van der Waals surface area contributed by atoms with Crippen LogP contribution in [0.25, 0.3) is 0 Å². The predicted octanol–water partition coefficient (Wildman–Crippen LogP) is 3.61. The van der Waals surface area contributed by atoms with Crippen molar-refractivity contribution in [1.82, 2.24) is 4.90 Å². The van der Waals surface area contributed by atoms with Crippen molar-refractivity contribution in [2.45, 2.75) is 26.1 Å². The first-order chi connectivity index (χ1) is 10.5. The third kappa shape index (κ3) is 6.05. The molecular weight excluding hydrogens is 370 g/mol. The Labute approximate surface area is 145 Å². The molecule has 0 spiro atoms. The first-order valence-corrected chi connectivity index (χ1v) is 8.75. The number of ether oxygens (including phenoxy) is 3. The molecule has 124 valence electrons. The topological polar surface area (TPSA) is 30.9 Å². The minimum atomic E-state index is 0.298. The van der Waals surface area contributed by atoms with Crippen LogP contribution in [0.15, 0.2) is 22.7 Å². The molecule has 1 aromatic rings. The van der Waals surface area contributed by atoms with Gasteiger partial charge in [-0.2, -0.15) is 0 Å². The molecule has 2 unspecified atom stereocenters. The maximum absolute atomic E-state index is 6.08. The van der Waals surface area contributed by atoms with Gasteiger partial charge < -0.3 is 14.2 Å². The first kappa shape index (κ1) is 18.0. The van der Waals surface area contributed by atoms with E-state index in [1.54, 1.807) is 0 Å². The van der Waals surface area contributed by atoms with Gasteiger partial charge in [-0.1, -0.05) is 27.5 Å². The highest BCUT2D eigenvalue weighted by Crippen LogP contribution is 2.27. The molecule has 0 bridgehead atoms. The van der Waals surface area contributed by atoms with Crippen LogP contribution in [0, 0.1) is 0 Å². The Hall–Kier alpha value is -0.330. The van der Waals surface area contributed by atoms with E-state index in [0.29, 0.717) is 42.8 Å². The fourth-order valence-corrected chi connectivity index (χ4v) is 3.29. The maximum atomic E-state index is 6.08. The smallest absolute Gasteiger partial charge is 0.138 e. The van der Waals surface area contributed by atoms with Gasteiger partial charge in [-0.15, -0.1) is 0 Å². The molecule has 0 N–H and O–H groups in total. The van der Waals surface area contributed by atoms with Crippen LogP contribution in [0.3, 0.4) is 0 Å². The molecule has 0 radical (unpaired) electrons. The van der Waals surface area contributed by atoms with Crippen molar-refractivity contribution >= 4 is 27.5 Å². The zero-order chi connectivity index (χ0) is 15.9. The average Bonchev–Trinajstić information content (AvgIpc) is 2.43. The first-order valence-electron chi connectivity index (χ1n) is 7.58. The van der Waals surface area contributed by atoms with E-state index in [4.69, 9.17) is 25.8 Å². The lowest BCUT2D eigenvalue weighted by Crippen LogP contribution is -2.46. The quantitative estimate of drug-likeness (QED) is 0.663. The standard InChI is InChI=1S/C16H23BrClNO3/c1-12-10-19(11-13(2)22-12)5-6-20-7-8-21-16-4-3-14(17)9-15(16)18/h3-4,9,12-13H,5-8,10-11H2,1-2H3. The summed E-state index contributed by atoms with van der Waals surface area (Å²) in [6.45, 7) is 8.85. The van der Waals surface area contributed by atoms with Gasteiger partial charge in [0.05, 0.1) is 30.4 Å². The molecule has 1 aliphatic heterocycles. The van der Waals surface area contributed by atoms with Crippen LogP contribution < -0.4 is 4.74 Å². The summed E-state index contributed by atoms with van der Waals surface area (Å²) in [5.41, 5.74) is 0. The van der Waals surface area contributed by atoms with Crippen LogP contribution in [-0.2, 0) is 9.47 Å². The Kier molecular flexibility index (Phi) is 7.44. The Bertz CT molecular complexity index is 465. The fraction of sp³-hybridized carbons (Fsp3) is 0.625. The lowest BCUT2D eigenvalue weighted by atomic mass is 10.2. The zero-order valence-corrected chi connectivity index (χ0v) is 15.4. The molecule has 2 atom stereocenters. The summed E-state index contributed by atoms with van der Waals surface area (Å²) in [6, 6.07) is 5.57. The number of halogens is 2. The molecule has 1 aliphatic rings. The Morgan fingerprint density at radius 2 is 1.95 bits per heavy atom. The van der Waals surface area contributed by atoms with Gasteiger partial charge >= 0.3 is 0 Å². The van der Waals surface area contributed by atoms with Crippen LogP contribution in [0.2, 0.25) is 5.02 Å². The lowest BCUT2D eigenvalue weighted by Gasteiger charge is -2.35. The third-order valence-corrected chi connectivity index (χ3v) is 4.21. The molecule has 2 rings (SSSR count). The Morgan fingerprint density at radius 1 is 1.23 bits per heavy atom. The maximum Gasteiger partial charge on any atom is 0.138 e. The summed E-state index contributed by atoms with van der Waals surface area (Å²) < 4.78 is 17.9. The normalized spacial score (nSPS) is 22.7. The second kappa shape index (κ2) is 9.08. The van der Waals surface area contributed by atoms with Crippen molar-refractivity contribution in [2.75, 3.05) is 39.5 Å². The molecule has 6 heteroatoms. The summed E-state index contributed by atoms with van der Waals surface area (Å²) in [5, 5.41) is 0.602. The molecule has 1 saturated heterocycles. The highest BCUT2D eigenvalue weighted by Gasteiger charge is 2.21. The van der Waals surface area contributed by atoms with Gasteiger partial charge in [0.25, 0.3) is 0 Å². The molecule has 0 amide bonds. The second-order valence-corrected chi connectivity index (χ2v) is 6.88. The summed E-state index contributed by atoms with van der Waals surface area (Å²) in [5.74, 6) is 0.685. The number of hydrogen-bond donors (Lipinski definition) is 0. The highest BCUT2D eigenvalue weighted by atomic mass is 79.9. The van der Waals surface area contributed by atoms with E-state index in [9.17, 15) is 0 Å². The van der Waals surface area contributed by atoms with Gasteiger partial charge in [0.15, 0.2) is 0 Å². The van der Waals surface area contributed by atoms with Crippen molar-refractivity contribution in [1.29, 1.82) is 0 Å². The van der Waals surface area contributed by atoms with Gasteiger partial charge in [-0.3, -0.25) is 4.90 Å². The molecular formula is C16H23BrClNO3. The van der Waals surface area contributed by atoms with E-state index in [-0.39, 0.29) is 0 Å². The van der Waals surface area contributed by atoms with E-state index in [1.165, 1.54) is 0 Å². The van der Waals surface area contributed by atoms with Crippen LogP contribution in [0.1, 0.15) is 13.8 Å². The molecule has 22 heavy (non-hydrogen) atoms. The number of nitrogens with zero attached hydrogens (tertiary/aromatic N) is 1. The largest absolute Gasteiger partial charge is 0.490 e. The van der Waals surface area contributed by atoms with E-state index in [1.807, 2.05) is 18.2 Å². The van der Waals surface area contributed by atoms with Crippen LogP contribution in [0.4, 0.5) is 0 Å². The Balaban J connectivity index is 1.57. The van der Waals surface area contributed by atoms with Crippen molar-refractivity contribution < 1.29 is 14.2 Å². The fourth-order valence-electron chi connectivity index (χ4n) is 2.57. The van der Waals surface area contributed by atoms with Crippen LogP contribution in [-0.4, -0.2) is 56.6 Å². The van der Waals surface area contributed by atoms with Crippen molar-refractivity contribution in [3.05, 3.63) is 27.7 Å². The van der Waals surface area contributed by atoms with E-state index in [0.717, 1.165) is 24.1 Å². The molecule has 1 fully saturated rings. The van der Waals surface area contributed by atoms with Crippen molar-refractivity contribution in [3.63, 3.8) is 0 Å². The molecule has 0 saturated carbocycles. The van der Waals surface area contributed by atoms with Crippen molar-refractivity contribution in [2.24, 2.45) is 0 Å². The second-order valence-electron chi connectivity index (χ2n) is 5.55. The number of benzene rings is 1. The van der Waals surface area contributed by atoms with Gasteiger partial charge in [0.1, 0.15) is 12.4 Å². The number of morpholine rings is 1. The van der Waals surface area contributed by atoms with Gasteiger partial charge in [-0.05, 0) is 32.0 Å². The SMILES string of the molecule is CC1CN(CCOCCOc2ccc(Br)cc2Cl)CC(C)O1. The lowest BCUT2D eigenvalue weighted by molar-refractivity contribution is -0.0734. The van der Waals surface area contributed by atoms with Gasteiger partial charge in [0.2, 0.25) is 0 Å². The molecule has 1 aromatic carbocycles. The number of hydrogen-bond acceptors (Lipinski definition) is 4. The van der Waals surface area contributed by atoms with Gasteiger partial charge in [-0.25, -0.2) is 0 Å². The summed E-state index contributed by atoms with van der Waals surface area (Å²) in [6.07, 6.45) is 0.596. The summed E-state index contributed by atoms with van der Waals surface area (Å²) in [4.78, 5) is 2.38. The van der Waals surface area contributed by atoms with Crippen LogP contribution >= 0.6 is 27.5 Å². The average molecular weight is 393 g/mol. The van der Waals surface area contributed by atoms with Crippen LogP contribution in [0.5, 0.6) is 5.75 Å². The monoisotopic (exact) mass is 391 g/mol. The minimum Gasteiger partial charge on any atom is -0.490 e. The zero-order valence-electron chi connectivity index (χ0n) is 13.1. The van der Waals surface area contributed by atoms with Crippen molar-refractivity contribution in [3.8, 4) is 5.75 Å². The molecule has 4 nitrogen and oxygen atoms in total. The van der Waals surface area contributed by atoms with E-state index < -0.39 is 0 Å². The molecule has 0 aliphatic carbocycles. The Morgan fingerprint density at radius 3 is 2.64 bits per heavy atom. The molecule has 1 heterocycles. The molecule has 0 aromatic heterocycles.